The van der Waals surface area contributed by atoms with E-state index in [2.05, 4.69) is 0 Å². The van der Waals surface area contributed by atoms with E-state index in [-0.39, 0.29) is 17.7 Å². The van der Waals surface area contributed by atoms with Gasteiger partial charge in [0.1, 0.15) is 0 Å². The predicted octanol–water partition coefficient (Wildman–Crippen LogP) is 0.784. The SMILES string of the molecule is CC(C)(CCS(=O)(=O)N1CCOCC12CCC2)S(C)(=O)=O. The molecule has 0 radical (unpaired) electrons. The summed E-state index contributed by atoms with van der Waals surface area (Å²) in [7, 11) is -6.74. The maximum atomic E-state index is 12.6. The zero-order chi connectivity index (χ0) is 15.9. The van der Waals surface area contributed by atoms with E-state index in [1.807, 2.05) is 0 Å². The molecule has 0 aromatic heterocycles. The molecule has 2 rings (SSSR count). The standard InChI is InChI=1S/C13H25NO5S2/c1-12(2,20(3,15)16)7-10-21(17,18)14-8-9-19-11-13(14)5-4-6-13/h4-11H2,1-3H3. The van der Waals surface area contributed by atoms with Gasteiger partial charge in [0.05, 0.1) is 29.3 Å². The van der Waals surface area contributed by atoms with Crippen LogP contribution in [-0.2, 0) is 24.6 Å². The Morgan fingerprint density at radius 3 is 2.29 bits per heavy atom. The molecular weight excluding hydrogens is 314 g/mol. The molecule has 0 N–H and O–H groups in total. The van der Waals surface area contributed by atoms with E-state index >= 15 is 0 Å². The highest BCUT2D eigenvalue weighted by molar-refractivity contribution is 7.92. The molecule has 8 heteroatoms. The van der Waals surface area contributed by atoms with Crippen molar-refractivity contribution >= 4 is 19.9 Å². The average molecular weight is 339 g/mol. The highest BCUT2D eigenvalue weighted by atomic mass is 32.2. The average Bonchev–Trinajstić information content (AvgIpc) is 2.33. The lowest BCUT2D eigenvalue weighted by Gasteiger charge is -2.51. The van der Waals surface area contributed by atoms with Gasteiger partial charge in [0, 0.05) is 12.8 Å². The second kappa shape index (κ2) is 5.47. The summed E-state index contributed by atoms with van der Waals surface area (Å²) in [6.45, 7) is 4.41. The molecule has 21 heavy (non-hydrogen) atoms. The molecular formula is C13H25NO5S2. The summed E-state index contributed by atoms with van der Waals surface area (Å²) in [5, 5.41) is 0. The summed E-state index contributed by atoms with van der Waals surface area (Å²) in [6, 6.07) is 0. The molecule has 1 saturated carbocycles. The molecule has 2 aliphatic rings. The predicted molar refractivity (Wildman–Crippen MR) is 81.4 cm³/mol. The monoisotopic (exact) mass is 339 g/mol. The third-order valence-electron chi connectivity index (χ3n) is 4.92. The van der Waals surface area contributed by atoms with Crippen molar-refractivity contribution in [3.63, 3.8) is 0 Å². The minimum Gasteiger partial charge on any atom is -0.378 e. The zero-order valence-electron chi connectivity index (χ0n) is 13.0. The summed E-state index contributed by atoms with van der Waals surface area (Å²) in [5.41, 5.74) is -0.369. The van der Waals surface area contributed by atoms with Crippen molar-refractivity contribution in [1.29, 1.82) is 0 Å². The van der Waals surface area contributed by atoms with Crippen LogP contribution in [0.1, 0.15) is 39.5 Å². The first-order chi connectivity index (χ1) is 9.50. The van der Waals surface area contributed by atoms with Crippen LogP contribution in [0.5, 0.6) is 0 Å². The number of sulfonamides is 1. The normalized spacial score (nSPS) is 24.0. The number of nitrogens with zero attached hydrogens (tertiary/aromatic N) is 1. The van der Waals surface area contributed by atoms with Crippen molar-refractivity contribution in [3.05, 3.63) is 0 Å². The van der Waals surface area contributed by atoms with Crippen LogP contribution in [0.25, 0.3) is 0 Å². The maximum absolute atomic E-state index is 12.6. The Hall–Kier alpha value is -0.180. The molecule has 0 aromatic rings. The second-order valence-electron chi connectivity index (χ2n) is 6.80. The first-order valence-corrected chi connectivity index (χ1v) is 10.8. The van der Waals surface area contributed by atoms with Gasteiger partial charge in [-0.15, -0.1) is 0 Å². The molecule has 0 unspecified atom stereocenters. The van der Waals surface area contributed by atoms with Gasteiger partial charge in [0.15, 0.2) is 9.84 Å². The summed E-state index contributed by atoms with van der Waals surface area (Å²) in [4.78, 5) is 0. The van der Waals surface area contributed by atoms with Gasteiger partial charge in [-0.25, -0.2) is 16.8 Å². The smallest absolute Gasteiger partial charge is 0.214 e. The van der Waals surface area contributed by atoms with Gasteiger partial charge in [-0.2, -0.15) is 4.31 Å². The second-order valence-corrected chi connectivity index (χ2v) is 11.5. The van der Waals surface area contributed by atoms with Crippen LogP contribution >= 0.6 is 0 Å². The molecule has 1 aliphatic heterocycles. The number of rotatable bonds is 5. The van der Waals surface area contributed by atoms with E-state index < -0.39 is 24.6 Å². The first-order valence-electron chi connectivity index (χ1n) is 7.28. The Labute approximate surface area is 127 Å². The molecule has 0 amide bonds. The summed E-state index contributed by atoms with van der Waals surface area (Å²) < 4.78 is 54.7. The van der Waals surface area contributed by atoms with Crippen molar-refractivity contribution in [2.24, 2.45) is 0 Å². The maximum Gasteiger partial charge on any atom is 0.214 e. The third-order valence-corrected chi connectivity index (χ3v) is 9.10. The fourth-order valence-electron chi connectivity index (χ4n) is 2.80. The molecule has 0 aromatic carbocycles. The number of sulfone groups is 1. The van der Waals surface area contributed by atoms with Crippen LogP contribution in [0, 0.1) is 0 Å². The van der Waals surface area contributed by atoms with Crippen molar-refractivity contribution < 1.29 is 21.6 Å². The van der Waals surface area contributed by atoms with Gasteiger partial charge in [0.2, 0.25) is 10.0 Å². The molecule has 6 nitrogen and oxygen atoms in total. The minimum absolute atomic E-state index is 0.113. The molecule has 1 heterocycles. The Morgan fingerprint density at radius 1 is 1.19 bits per heavy atom. The van der Waals surface area contributed by atoms with E-state index in [9.17, 15) is 16.8 Å². The van der Waals surface area contributed by atoms with Crippen LogP contribution < -0.4 is 0 Å². The van der Waals surface area contributed by atoms with Gasteiger partial charge in [-0.05, 0) is 39.5 Å². The highest BCUT2D eigenvalue weighted by Crippen LogP contribution is 2.41. The molecule has 0 bridgehead atoms. The molecule has 1 aliphatic carbocycles. The number of morpholine rings is 1. The van der Waals surface area contributed by atoms with Crippen molar-refractivity contribution in [2.45, 2.75) is 49.8 Å². The molecule has 2 fully saturated rings. The van der Waals surface area contributed by atoms with Gasteiger partial charge in [-0.3, -0.25) is 0 Å². The summed E-state index contributed by atoms with van der Waals surface area (Å²) in [6.07, 6.45) is 3.96. The van der Waals surface area contributed by atoms with Gasteiger partial charge in [-0.1, -0.05) is 0 Å². The minimum atomic E-state index is -3.46. The first kappa shape index (κ1) is 17.2. The summed E-state index contributed by atoms with van der Waals surface area (Å²) in [5.74, 6) is -0.130. The Kier molecular flexibility index (Phi) is 4.48. The number of hydrogen-bond donors (Lipinski definition) is 0. The Morgan fingerprint density at radius 2 is 1.81 bits per heavy atom. The Balaban J connectivity index is 2.11. The largest absolute Gasteiger partial charge is 0.378 e. The van der Waals surface area contributed by atoms with Crippen LogP contribution in [0.15, 0.2) is 0 Å². The molecule has 124 valence electrons. The zero-order valence-corrected chi connectivity index (χ0v) is 14.6. The van der Waals surface area contributed by atoms with Crippen molar-refractivity contribution in [3.8, 4) is 0 Å². The quantitative estimate of drug-likeness (QED) is 0.739. The van der Waals surface area contributed by atoms with Crippen molar-refractivity contribution in [1.82, 2.24) is 4.31 Å². The van der Waals surface area contributed by atoms with E-state index in [0.29, 0.717) is 19.8 Å². The van der Waals surface area contributed by atoms with Gasteiger partial charge in [0.25, 0.3) is 0 Å². The van der Waals surface area contributed by atoms with Crippen LogP contribution in [0.3, 0.4) is 0 Å². The summed E-state index contributed by atoms with van der Waals surface area (Å²) >= 11 is 0. The fourth-order valence-corrected chi connectivity index (χ4v) is 5.57. The third kappa shape index (κ3) is 3.28. The van der Waals surface area contributed by atoms with Gasteiger partial charge >= 0.3 is 0 Å². The lowest BCUT2D eigenvalue weighted by molar-refractivity contribution is -0.0649. The van der Waals surface area contributed by atoms with Crippen LogP contribution in [0.4, 0.5) is 0 Å². The molecule has 0 atom stereocenters. The van der Waals surface area contributed by atoms with E-state index in [0.717, 1.165) is 25.5 Å². The van der Waals surface area contributed by atoms with E-state index in [4.69, 9.17) is 4.74 Å². The van der Waals surface area contributed by atoms with E-state index in [1.165, 1.54) is 0 Å². The fraction of sp³-hybridized carbons (Fsp3) is 1.00. The number of ether oxygens (including phenoxy) is 1. The highest BCUT2D eigenvalue weighted by Gasteiger charge is 2.50. The molecule has 1 saturated heterocycles. The van der Waals surface area contributed by atoms with Crippen LogP contribution in [0.2, 0.25) is 0 Å². The molecule has 1 spiro atoms. The Bertz CT molecular complexity index is 590. The lowest BCUT2D eigenvalue weighted by atomic mass is 9.77. The topological polar surface area (TPSA) is 80.8 Å². The number of hydrogen-bond acceptors (Lipinski definition) is 5. The van der Waals surface area contributed by atoms with Gasteiger partial charge < -0.3 is 4.74 Å². The van der Waals surface area contributed by atoms with E-state index in [1.54, 1.807) is 18.2 Å². The lowest BCUT2D eigenvalue weighted by Crippen LogP contribution is -2.63. The van der Waals surface area contributed by atoms with Crippen LogP contribution in [-0.4, -0.2) is 63.2 Å². The van der Waals surface area contributed by atoms with Crippen molar-refractivity contribution in [2.75, 3.05) is 31.8 Å².